The Morgan fingerprint density at radius 1 is 1.05 bits per heavy atom. The monoisotopic (exact) mass is 288 g/mol. The lowest BCUT2D eigenvalue weighted by atomic mass is 9.99. The first-order valence-corrected chi connectivity index (χ1v) is 8.81. The largest absolute Gasteiger partial charge is 0.316 e. The summed E-state index contributed by atoms with van der Waals surface area (Å²) in [6.07, 6.45) is 6.79. The summed E-state index contributed by atoms with van der Waals surface area (Å²) in [5.74, 6) is 0.601. The fourth-order valence-electron chi connectivity index (χ4n) is 3.12. The van der Waals surface area contributed by atoms with Gasteiger partial charge in [-0.1, -0.05) is 51.0 Å². The standard InChI is InChI=1S/C19H32N2/c1-3-12-20-15-17(2)19-10-8-18(9-11-19)16-21-13-6-4-5-7-14-21/h8-11,17,20H,3-7,12-16H2,1-2H3. The van der Waals surface area contributed by atoms with E-state index in [-0.39, 0.29) is 0 Å². The highest BCUT2D eigenvalue weighted by molar-refractivity contribution is 5.25. The molecule has 2 rings (SSSR count). The molecule has 1 aromatic rings. The zero-order chi connectivity index (χ0) is 14.9. The zero-order valence-electron chi connectivity index (χ0n) is 13.9. The van der Waals surface area contributed by atoms with Crippen molar-refractivity contribution in [2.45, 2.75) is 58.4 Å². The molecule has 0 saturated carbocycles. The summed E-state index contributed by atoms with van der Waals surface area (Å²) in [5.41, 5.74) is 2.92. The van der Waals surface area contributed by atoms with E-state index in [1.54, 1.807) is 0 Å². The minimum atomic E-state index is 0.601. The summed E-state index contributed by atoms with van der Waals surface area (Å²) < 4.78 is 0. The maximum Gasteiger partial charge on any atom is 0.0233 e. The summed E-state index contributed by atoms with van der Waals surface area (Å²) in [4.78, 5) is 2.62. The van der Waals surface area contributed by atoms with E-state index in [0.717, 1.165) is 19.6 Å². The molecule has 1 aromatic carbocycles. The van der Waals surface area contributed by atoms with Crippen LogP contribution in [-0.4, -0.2) is 31.1 Å². The topological polar surface area (TPSA) is 15.3 Å². The van der Waals surface area contributed by atoms with Crippen molar-refractivity contribution in [3.05, 3.63) is 35.4 Å². The summed E-state index contributed by atoms with van der Waals surface area (Å²) >= 11 is 0. The van der Waals surface area contributed by atoms with Gasteiger partial charge in [-0.15, -0.1) is 0 Å². The van der Waals surface area contributed by atoms with Crippen molar-refractivity contribution in [3.63, 3.8) is 0 Å². The maximum atomic E-state index is 3.51. The third kappa shape index (κ3) is 5.80. The van der Waals surface area contributed by atoms with Crippen LogP contribution in [-0.2, 0) is 6.54 Å². The Morgan fingerprint density at radius 3 is 2.33 bits per heavy atom. The normalized spacial score (nSPS) is 18.4. The smallest absolute Gasteiger partial charge is 0.0233 e. The van der Waals surface area contributed by atoms with Gasteiger partial charge in [-0.3, -0.25) is 4.90 Å². The predicted octanol–water partition coefficient (Wildman–Crippen LogP) is 4.17. The lowest BCUT2D eigenvalue weighted by molar-refractivity contribution is 0.277. The van der Waals surface area contributed by atoms with Gasteiger partial charge in [-0.2, -0.15) is 0 Å². The average Bonchev–Trinajstić information content (AvgIpc) is 2.77. The van der Waals surface area contributed by atoms with Crippen LogP contribution in [0, 0.1) is 0 Å². The van der Waals surface area contributed by atoms with Gasteiger partial charge in [-0.05, 0) is 55.9 Å². The summed E-state index contributed by atoms with van der Waals surface area (Å²) in [6.45, 7) is 10.4. The van der Waals surface area contributed by atoms with E-state index in [1.807, 2.05) is 0 Å². The van der Waals surface area contributed by atoms with Crippen molar-refractivity contribution in [3.8, 4) is 0 Å². The Bertz CT molecular complexity index is 377. The predicted molar refractivity (Wildman–Crippen MR) is 91.8 cm³/mol. The third-order valence-electron chi connectivity index (χ3n) is 4.53. The first-order chi connectivity index (χ1) is 10.3. The fourth-order valence-corrected chi connectivity index (χ4v) is 3.12. The molecule has 1 unspecified atom stereocenters. The van der Waals surface area contributed by atoms with Crippen LogP contribution in [0.1, 0.15) is 63.0 Å². The van der Waals surface area contributed by atoms with Crippen molar-refractivity contribution in [2.75, 3.05) is 26.2 Å². The van der Waals surface area contributed by atoms with E-state index in [1.165, 1.54) is 56.3 Å². The van der Waals surface area contributed by atoms with Gasteiger partial charge >= 0.3 is 0 Å². The number of hydrogen-bond donors (Lipinski definition) is 1. The number of rotatable bonds is 7. The van der Waals surface area contributed by atoms with Crippen LogP contribution in [0.25, 0.3) is 0 Å². The quantitative estimate of drug-likeness (QED) is 0.758. The highest BCUT2D eigenvalue weighted by Gasteiger charge is 2.10. The molecule has 0 amide bonds. The summed E-state index contributed by atoms with van der Waals surface area (Å²) in [5, 5.41) is 3.51. The second kappa shape index (κ2) is 9.22. The Morgan fingerprint density at radius 2 is 1.71 bits per heavy atom. The van der Waals surface area contributed by atoms with Crippen LogP contribution in [0.3, 0.4) is 0 Å². The van der Waals surface area contributed by atoms with Gasteiger partial charge in [0, 0.05) is 13.1 Å². The van der Waals surface area contributed by atoms with Crippen LogP contribution in [0.4, 0.5) is 0 Å². The van der Waals surface area contributed by atoms with E-state index < -0.39 is 0 Å². The van der Waals surface area contributed by atoms with Crippen LogP contribution in [0.2, 0.25) is 0 Å². The molecule has 1 N–H and O–H groups in total. The van der Waals surface area contributed by atoms with Gasteiger partial charge in [-0.25, -0.2) is 0 Å². The first-order valence-electron chi connectivity index (χ1n) is 8.81. The van der Waals surface area contributed by atoms with Crippen LogP contribution in [0.15, 0.2) is 24.3 Å². The van der Waals surface area contributed by atoms with Crippen molar-refractivity contribution >= 4 is 0 Å². The van der Waals surface area contributed by atoms with E-state index in [9.17, 15) is 0 Å². The number of nitrogens with one attached hydrogen (secondary N) is 1. The van der Waals surface area contributed by atoms with Gasteiger partial charge in [0.2, 0.25) is 0 Å². The van der Waals surface area contributed by atoms with E-state index in [4.69, 9.17) is 0 Å². The zero-order valence-corrected chi connectivity index (χ0v) is 13.9. The van der Waals surface area contributed by atoms with Crippen molar-refractivity contribution in [2.24, 2.45) is 0 Å². The van der Waals surface area contributed by atoms with Crippen LogP contribution in [0.5, 0.6) is 0 Å². The van der Waals surface area contributed by atoms with Gasteiger partial charge in [0.1, 0.15) is 0 Å². The molecule has 21 heavy (non-hydrogen) atoms. The maximum absolute atomic E-state index is 3.51. The van der Waals surface area contributed by atoms with Crippen molar-refractivity contribution in [1.29, 1.82) is 0 Å². The lowest BCUT2D eigenvalue weighted by Crippen LogP contribution is -2.24. The van der Waals surface area contributed by atoms with Gasteiger partial charge in [0.05, 0.1) is 0 Å². The van der Waals surface area contributed by atoms with Crippen molar-refractivity contribution < 1.29 is 0 Å². The molecule has 0 aliphatic carbocycles. The number of benzene rings is 1. The molecule has 1 aliphatic rings. The minimum absolute atomic E-state index is 0.601. The summed E-state index contributed by atoms with van der Waals surface area (Å²) in [6, 6.07) is 9.31. The molecule has 0 bridgehead atoms. The Kier molecular flexibility index (Phi) is 7.25. The molecule has 1 saturated heterocycles. The molecule has 1 heterocycles. The Hall–Kier alpha value is -0.860. The van der Waals surface area contributed by atoms with Crippen molar-refractivity contribution in [1.82, 2.24) is 10.2 Å². The first kappa shape index (κ1) is 16.5. The molecular formula is C19H32N2. The lowest BCUT2D eigenvalue weighted by Gasteiger charge is -2.20. The molecular weight excluding hydrogens is 256 g/mol. The molecule has 0 aromatic heterocycles. The number of nitrogens with zero attached hydrogens (tertiary/aromatic N) is 1. The molecule has 118 valence electrons. The second-order valence-corrected chi connectivity index (χ2v) is 6.54. The van der Waals surface area contributed by atoms with Gasteiger partial charge < -0.3 is 5.32 Å². The fraction of sp³-hybridized carbons (Fsp3) is 0.684. The van der Waals surface area contributed by atoms with Gasteiger partial charge in [0.25, 0.3) is 0 Å². The van der Waals surface area contributed by atoms with E-state index >= 15 is 0 Å². The SMILES string of the molecule is CCCNCC(C)c1ccc(CN2CCCCCC2)cc1. The average molecular weight is 288 g/mol. The second-order valence-electron chi connectivity index (χ2n) is 6.54. The Balaban J connectivity index is 1.83. The summed E-state index contributed by atoms with van der Waals surface area (Å²) in [7, 11) is 0. The van der Waals surface area contributed by atoms with Crippen LogP contribution < -0.4 is 5.32 Å². The highest BCUT2D eigenvalue weighted by Crippen LogP contribution is 2.17. The van der Waals surface area contributed by atoms with E-state index in [0.29, 0.717) is 5.92 Å². The Labute approximate surface area is 130 Å². The molecule has 1 aliphatic heterocycles. The van der Waals surface area contributed by atoms with E-state index in [2.05, 4.69) is 48.3 Å². The highest BCUT2D eigenvalue weighted by atomic mass is 15.1. The minimum Gasteiger partial charge on any atom is -0.316 e. The van der Waals surface area contributed by atoms with Gasteiger partial charge in [0.15, 0.2) is 0 Å². The van der Waals surface area contributed by atoms with Crippen LogP contribution >= 0.6 is 0 Å². The molecule has 0 radical (unpaired) electrons. The number of likely N-dealkylation sites (tertiary alicyclic amines) is 1. The number of hydrogen-bond acceptors (Lipinski definition) is 2. The molecule has 0 spiro atoms. The molecule has 1 fully saturated rings. The molecule has 1 atom stereocenters. The molecule has 2 nitrogen and oxygen atoms in total. The molecule has 2 heteroatoms. The third-order valence-corrected chi connectivity index (χ3v) is 4.53.